The third-order valence-corrected chi connectivity index (χ3v) is 6.21. The molecule has 0 saturated carbocycles. The highest BCUT2D eigenvalue weighted by Crippen LogP contribution is 2.19. The van der Waals surface area contributed by atoms with Gasteiger partial charge in [-0.05, 0) is 63.8 Å². The predicted octanol–water partition coefficient (Wildman–Crippen LogP) is 2.32. The second kappa shape index (κ2) is 9.32. The normalized spacial score (nSPS) is 17.8. The molecular weight excluding hydrogens is 368 g/mol. The average molecular weight is 397 g/mol. The van der Waals surface area contributed by atoms with E-state index in [1.54, 1.807) is 18.7 Å². The number of piperidine rings is 1. The fourth-order valence-electron chi connectivity index (χ4n) is 3.20. The Morgan fingerprint density at radius 3 is 2.48 bits per heavy atom. The molecule has 1 unspecified atom stereocenters. The van der Waals surface area contributed by atoms with E-state index in [9.17, 15) is 18.0 Å². The lowest BCUT2D eigenvalue weighted by Gasteiger charge is -2.35. The molecule has 1 aromatic rings. The quantitative estimate of drug-likeness (QED) is 0.714. The first kappa shape index (κ1) is 21.4. The van der Waals surface area contributed by atoms with Crippen LogP contribution in [0.3, 0.4) is 0 Å². The van der Waals surface area contributed by atoms with Crippen molar-refractivity contribution in [1.29, 1.82) is 0 Å². The molecule has 27 heavy (non-hydrogen) atoms. The van der Waals surface area contributed by atoms with Crippen molar-refractivity contribution < 1.29 is 22.7 Å². The minimum atomic E-state index is -3.61. The molecule has 1 aliphatic rings. The number of amides is 1. The van der Waals surface area contributed by atoms with Crippen molar-refractivity contribution >= 4 is 21.9 Å². The minimum Gasteiger partial charge on any atom is -0.452 e. The summed E-state index contributed by atoms with van der Waals surface area (Å²) in [5, 5.41) is 0. The fourth-order valence-corrected chi connectivity index (χ4v) is 4.45. The number of ether oxygens (including phenoxy) is 1. The number of hydrogen-bond donors (Lipinski definition) is 1. The number of sulfonamides is 1. The van der Waals surface area contributed by atoms with Gasteiger partial charge in [0, 0.05) is 18.6 Å². The molecule has 0 spiro atoms. The Hall–Kier alpha value is -1.93. The first-order valence-corrected chi connectivity index (χ1v) is 10.8. The van der Waals surface area contributed by atoms with Crippen LogP contribution in [-0.2, 0) is 19.6 Å². The summed E-state index contributed by atoms with van der Waals surface area (Å²) in [6.45, 7) is 5.90. The molecule has 1 aromatic carbocycles. The lowest BCUT2D eigenvalue weighted by Crippen LogP contribution is -2.45. The summed E-state index contributed by atoms with van der Waals surface area (Å²) in [6, 6.07) is 5.45. The van der Waals surface area contributed by atoms with Crippen LogP contribution >= 0.6 is 0 Å². The summed E-state index contributed by atoms with van der Waals surface area (Å²) >= 11 is 0. The van der Waals surface area contributed by atoms with E-state index in [4.69, 9.17) is 4.74 Å². The van der Waals surface area contributed by atoms with E-state index in [1.165, 1.54) is 24.3 Å². The largest absolute Gasteiger partial charge is 0.452 e. The van der Waals surface area contributed by atoms with Crippen molar-refractivity contribution in [2.45, 2.75) is 63.4 Å². The highest BCUT2D eigenvalue weighted by Gasteiger charge is 2.26. The fraction of sp³-hybridized carbons (Fsp3) is 0.579. The van der Waals surface area contributed by atoms with E-state index in [0.29, 0.717) is 6.54 Å². The number of hydrogen-bond acceptors (Lipinski definition) is 5. The van der Waals surface area contributed by atoms with Crippen LogP contribution in [0.5, 0.6) is 0 Å². The molecule has 150 valence electrons. The molecule has 2 rings (SSSR count). The van der Waals surface area contributed by atoms with Crippen molar-refractivity contribution in [2.24, 2.45) is 0 Å². The molecular formula is C19H28N2O5S. The first-order chi connectivity index (χ1) is 12.7. The Labute approximate surface area is 161 Å². The van der Waals surface area contributed by atoms with Gasteiger partial charge in [-0.2, -0.15) is 0 Å². The van der Waals surface area contributed by atoms with Gasteiger partial charge in [0.25, 0.3) is 5.91 Å². The van der Waals surface area contributed by atoms with Gasteiger partial charge in [0.05, 0.1) is 10.5 Å². The zero-order valence-electron chi connectivity index (χ0n) is 16.1. The third-order valence-electron chi connectivity index (χ3n) is 4.54. The van der Waals surface area contributed by atoms with Gasteiger partial charge in [0.1, 0.15) is 0 Å². The van der Waals surface area contributed by atoms with Gasteiger partial charge in [0.2, 0.25) is 10.0 Å². The Morgan fingerprint density at radius 1 is 1.22 bits per heavy atom. The number of carbonyl (C=O) groups is 2. The highest BCUT2D eigenvalue weighted by atomic mass is 32.2. The summed E-state index contributed by atoms with van der Waals surface area (Å²) in [6.07, 6.45) is 3.95. The second-order valence-electron chi connectivity index (χ2n) is 7.02. The maximum Gasteiger partial charge on any atom is 0.338 e. The van der Waals surface area contributed by atoms with Crippen LogP contribution in [0.4, 0.5) is 0 Å². The molecule has 8 heteroatoms. The Kier molecular flexibility index (Phi) is 7.38. The van der Waals surface area contributed by atoms with Crippen LogP contribution in [0.15, 0.2) is 29.2 Å². The standard InChI is InChI=1S/C19H28N2O5S/c1-4-16-7-5-6-12-21(16)18(22)13-26-19(23)15-8-10-17(11-9-15)27(24,25)20-14(2)3/h8-11,14,16,20H,4-7,12-13H2,1-3H3. The second-order valence-corrected chi connectivity index (χ2v) is 8.74. The number of carbonyl (C=O) groups excluding carboxylic acids is 2. The summed E-state index contributed by atoms with van der Waals surface area (Å²) in [5.74, 6) is -0.829. The van der Waals surface area contributed by atoms with Crippen LogP contribution in [0.2, 0.25) is 0 Å². The number of benzene rings is 1. The van der Waals surface area contributed by atoms with Crippen molar-refractivity contribution in [3.05, 3.63) is 29.8 Å². The van der Waals surface area contributed by atoms with Crippen LogP contribution < -0.4 is 4.72 Å². The highest BCUT2D eigenvalue weighted by molar-refractivity contribution is 7.89. The van der Waals surface area contributed by atoms with Gasteiger partial charge in [-0.3, -0.25) is 4.79 Å². The number of rotatable bonds is 7. The van der Waals surface area contributed by atoms with Crippen molar-refractivity contribution in [3.8, 4) is 0 Å². The number of nitrogens with zero attached hydrogens (tertiary/aromatic N) is 1. The molecule has 1 saturated heterocycles. The topological polar surface area (TPSA) is 92.8 Å². The average Bonchev–Trinajstić information content (AvgIpc) is 2.64. The smallest absolute Gasteiger partial charge is 0.338 e. The van der Waals surface area contributed by atoms with E-state index < -0.39 is 16.0 Å². The molecule has 1 atom stereocenters. The number of nitrogens with one attached hydrogen (secondary N) is 1. The maximum absolute atomic E-state index is 12.4. The van der Waals surface area contributed by atoms with Crippen molar-refractivity contribution in [2.75, 3.05) is 13.2 Å². The van der Waals surface area contributed by atoms with E-state index in [0.717, 1.165) is 25.7 Å². The van der Waals surface area contributed by atoms with E-state index in [2.05, 4.69) is 4.72 Å². The maximum atomic E-state index is 12.4. The summed E-state index contributed by atoms with van der Waals surface area (Å²) in [7, 11) is -3.61. The van der Waals surface area contributed by atoms with E-state index in [1.807, 2.05) is 6.92 Å². The molecule has 1 fully saturated rings. The summed E-state index contributed by atoms with van der Waals surface area (Å²) in [4.78, 5) is 26.4. The SMILES string of the molecule is CCC1CCCCN1C(=O)COC(=O)c1ccc(S(=O)(=O)NC(C)C)cc1. The third kappa shape index (κ3) is 5.77. The van der Waals surface area contributed by atoms with Gasteiger partial charge in [-0.1, -0.05) is 6.92 Å². The van der Waals surface area contributed by atoms with Crippen molar-refractivity contribution in [3.63, 3.8) is 0 Å². The molecule has 0 aliphatic carbocycles. The predicted molar refractivity (Wildman–Crippen MR) is 102 cm³/mol. The first-order valence-electron chi connectivity index (χ1n) is 9.33. The van der Waals surface area contributed by atoms with Crippen LogP contribution in [0, 0.1) is 0 Å². The molecule has 0 radical (unpaired) electrons. The zero-order valence-corrected chi connectivity index (χ0v) is 16.9. The minimum absolute atomic E-state index is 0.0722. The summed E-state index contributed by atoms with van der Waals surface area (Å²) < 4.78 is 31.8. The monoisotopic (exact) mass is 396 g/mol. The van der Waals surface area contributed by atoms with Crippen molar-refractivity contribution in [1.82, 2.24) is 9.62 Å². The lowest BCUT2D eigenvalue weighted by atomic mass is 10.00. The molecule has 1 N–H and O–H groups in total. The molecule has 0 bridgehead atoms. The Bertz CT molecular complexity index is 759. The van der Waals surface area contributed by atoms with Gasteiger partial charge in [0.15, 0.2) is 6.61 Å². The molecule has 0 aromatic heterocycles. The molecule has 1 heterocycles. The molecule has 7 nitrogen and oxygen atoms in total. The van der Waals surface area contributed by atoms with Gasteiger partial charge in [-0.15, -0.1) is 0 Å². The van der Waals surface area contributed by atoms with Crippen LogP contribution in [0.25, 0.3) is 0 Å². The zero-order chi connectivity index (χ0) is 20.0. The van der Waals surface area contributed by atoms with Crippen LogP contribution in [0.1, 0.15) is 56.8 Å². The molecule has 1 amide bonds. The van der Waals surface area contributed by atoms with Gasteiger partial charge in [-0.25, -0.2) is 17.9 Å². The Balaban J connectivity index is 1.95. The summed E-state index contributed by atoms with van der Waals surface area (Å²) in [5.41, 5.74) is 0.206. The number of likely N-dealkylation sites (tertiary alicyclic amines) is 1. The van der Waals surface area contributed by atoms with Gasteiger partial charge < -0.3 is 9.64 Å². The van der Waals surface area contributed by atoms with E-state index in [-0.39, 0.29) is 35.1 Å². The molecule has 1 aliphatic heterocycles. The van der Waals surface area contributed by atoms with Gasteiger partial charge >= 0.3 is 5.97 Å². The lowest BCUT2D eigenvalue weighted by molar-refractivity contribution is -0.138. The van der Waals surface area contributed by atoms with E-state index >= 15 is 0 Å². The number of esters is 1. The van der Waals surface area contributed by atoms with Crippen LogP contribution in [-0.4, -0.2) is 50.4 Å². The Morgan fingerprint density at radius 2 is 1.89 bits per heavy atom.